The van der Waals surface area contributed by atoms with Crippen LogP contribution < -0.4 is 26.0 Å². The van der Waals surface area contributed by atoms with Crippen molar-refractivity contribution in [2.45, 2.75) is 97.9 Å². The highest BCUT2D eigenvalue weighted by Gasteiger charge is 2.51. The van der Waals surface area contributed by atoms with Gasteiger partial charge in [-0.3, -0.25) is 24.0 Å². The number of nitrogens with one attached hydrogen (secondary N) is 2. The zero-order valence-electron chi connectivity index (χ0n) is 36.6. The second-order valence-corrected chi connectivity index (χ2v) is 18.3. The van der Waals surface area contributed by atoms with Crippen molar-refractivity contribution in [2.75, 3.05) is 33.2 Å². The maximum atomic E-state index is 13.3. The quantitative estimate of drug-likeness (QED) is 0.0271. The highest BCUT2D eigenvalue weighted by molar-refractivity contribution is 8.13. The summed E-state index contributed by atoms with van der Waals surface area (Å²) in [5.41, 5.74) is -0.0412. The molecule has 4 atom stereocenters. The number of carbonyl (C=O) groups is 1. The lowest BCUT2D eigenvalue weighted by molar-refractivity contribution is -1.26. The molecule has 0 amide bonds. The average Bonchev–Trinajstić information content (AvgIpc) is 3.63. The van der Waals surface area contributed by atoms with Crippen LogP contribution in [-0.4, -0.2) is 81.8 Å². The summed E-state index contributed by atoms with van der Waals surface area (Å²) in [7, 11) is 0.799. The summed E-state index contributed by atoms with van der Waals surface area (Å²) in [6.07, 6.45) is -0.869. The first-order chi connectivity index (χ1) is 28.9. The van der Waals surface area contributed by atoms with Crippen LogP contribution in [0.3, 0.4) is 0 Å². The molecule has 1 unspecified atom stereocenters. The number of hydroxylamine groups is 4. The minimum atomic E-state index is -2.42. The number of aryl methyl sites for hydroxylation is 1. The van der Waals surface area contributed by atoms with Gasteiger partial charge in [-0.1, -0.05) is 91.8 Å². The van der Waals surface area contributed by atoms with Crippen LogP contribution in [0.5, 0.6) is 11.5 Å². The largest absolute Gasteiger partial charge is 0.497 e. The van der Waals surface area contributed by atoms with Gasteiger partial charge in [0.15, 0.2) is 11.2 Å². The standard InChI is InChI=1S/C44H59N4O11PS/c1-29(2)48(30(3)4,59-60(52)46-56-24-25-61-41(50)43(6,7)8)58-37-26-39(47-27-31(5)40(49)45-42(47)51)57-38(37)28-55-44(32-14-12-11-13-15-32,33-16-20-35(53-9)21-17-33)34-18-22-36(54-10)23-19-34/h11-23,27,29-30,37-39,46,52H,24-26,28H2,1-10H3/p+1/t37-,38+,39+,60?/m0/s1. The molecule has 1 aliphatic rings. The van der Waals surface area contributed by atoms with Gasteiger partial charge in [0.25, 0.3) is 5.56 Å². The van der Waals surface area contributed by atoms with E-state index in [2.05, 4.69) is 10.2 Å². The summed E-state index contributed by atoms with van der Waals surface area (Å²) in [6, 6.07) is 24.4. The van der Waals surface area contributed by atoms with E-state index in [-0.39, 0.29) is 36.8 Å². The molecule has 3 aromatic carbocycles. The fourth-order valence-electron chi connectivity index (χ4n) is 7.10. The predicted molar refractivity (Wildman–Crippen MR) is 234 cm³/mol. The molecule has 0 spiro atoms. The number of ether oxygens (including phenoxy) is 4. The van der Waals surface area contributed by atoms with Crippen LogP contribution in [0.4, 0.5) is 0 Å². The molecule has 0 radical (unpaired) electrons. The number of hydrogen-bond acceptors (Lipinski definition) is 13. The molecule has 4 aromatic rings. The number of quaternary nitrogens is 1. The van der Waals surface area contributed by atoms with Crippen molar-refractivity contribution >= 4 is 25.4 Å². The molecule has 0 saturated carbocycles. The van der Waals surface area contributed by atoms with Gasteiger partial charge < -0.3 is 23.8 Å². The van der Waals surface area contributed by atoms with E-state index >= 15 is 0 Å². The van der Waals surface area contributed by atoms with E-state index in [0.717, 1.165) is 28.5 Å². The molecule has 1 aliphatic heterocycles. The number of H-pyrrole nitrogens is 1. The maximum Gasteiger partial charge on any atom is 0.345 e. The van der Waals surface area contributed by atoms with Crippen molar-refractivity contribution in [2.24, 2.45) is 5.41 Å². The van der Waals surface area contributed by atoms with Gasteiger partial charge >= 0.3 is 14.2 Å². The van der Waals surface area contributed by atoms with Gasteiger partial charge in [-0.2, -0.15) is 4.84 Å². The molecule has 3 N–H and O–H groups in total. The summed E-state index contributed by atoms with van der Waals surface area (Å²) in [6.45, 7) is 14.9. The first-order valence-corrected chi connectivity index (χ1v) is 22.4. The van der Waals surface area contributed by atoms with Gasteiger partial charge in [0, 0.05) is 29.3 Å². The Labute approximate surface area is 363 Å². The number of benzene rings is 3. The van der Waals surface area contributed by atoms with Crippen molar-refractivity contribution < 1.29 is 47.7 Å². The molecule has 1 saturated heterocycles. The Hall–Kier alpha value is -3.93. The minimum absolute atomic E-state index is 0.0335. The number of nitrogens with zero attached hydrogens (tertiary/aromatic N) is 2. The number of thioether (sulfide) groups is 1. The summed E-state index contributed by atoms with van der Waals surface area (Å²) in [5.74, 6) is 1.72. The summed E-state index contributed by atoms with van der Waals surface area (Å²) >= 11 is 1.16. The average molecular weight is 884 g/mol. The van der Waals surface area contributed by atoms with Gasteiger partial charge in [-0.05, 0) is 80.4 Å². The summed E-state index contributed by atoms with van der Waals surface area (Å²) in [5, 5.41) is 2.62. The van der Waals surface area contributed by atoms with Crippen LogP contribution in [0.1, 0.15) is 83.4 Å². The Balaban J connectivity index is 1.52. The fraction of sp³-hybridized carbons (Fsp3) is 0.477. The van der Waals surface area contributed by atoms with Crippen molar-refractivity contribution in [1.82, 2.24) is 14.8 Å². The summed E-state index contributed by atoms with van der Waals surface area (Å²) in [4.78, 5) is 63.7. The Kier molecular flexibility index (Phi) is 16.5. The minimum Gasteiger partial charge on any atom is -0.497 e. The second-order valence-electron chi connectivity index (χ2n) is 16.3. The molecular formula is C44H60N4O11PS+. The third kappa shape index (κ3) is 11.4. The summed E-state index contributed by atoms with van der Waals surface area (Å²) < 4.78 is 32.7. The first-order valence-electron chi connectivity index (χ1n) is 20.2. The molecule has 1 fully saturated rings. The van der Waals surface area contributed by atoms with Crippen LogP contribution in [-0.2, 0) is 34.2 Å². The topological polar surface area (TPSA) is 169 Å². The highest BCUT2D eigenvalue weighted by atomic mass is 32.2. The SMILES string of the molecule is COc1ccc(C(OC[C@H]2O[C@@H](n3cc(C)c(=O)[nH]c3=O)C[C@@H]2O[N+](OP(O)NOCCSC(=O)C(C)(C)C)(C(C)C)C(C)C)(c2ccccc2)c2ccc(OC)cc2)cc1. The van der Waals surface area contributed by atoms with Crippen LogP contribution in [0.25, 0.3) is 0 Å². The van der Waals surface area contributed by atoms with Crippen LogP contribution in [0, 0.1) is 12.3 Å². The number of methoxy groups -OCH3 is 2. The van der Waals surface area contributed by atoms with Crippen molar-refractivity contribution in [3.05, 3.63) is 128 Å². The molecule has 0 bridgehead atoms. The Morgan fingerprint density at radius 3 is 2.02 bits per heavy atom. The van der Waals surface area contributed by atoms with E-state index in [1.165, 1.54) is 10.8 Å². The molecule has 0 aliphatic carbocycles. The lowest BCUT2D eigenvalue weighted by atomic mass is 9.80. The molecule has 15 nitrogen and oxygen atoms in total. The third-order valence-corrected chi connectivity index (χ3v) is 12.3. The van der Waals surface area contributed by atoms with E-state index in [9.17, 15) is 19.3 Å². The number of aromatic amines is 1. The Morgan fingerprint density at radius 1 is 0.934 bits per heavy atom. The zero-order valence-corrected chi connectivity index (χ0v) is 38.3. The molecule has 332 valence electrons. The Bertz CT molecular complexity index is 2090. The van der Waals surface area contributed by atoms with Crippen molar-refractivity contribution in [1.29, 1.82) is 0 Å². The molecular weight excluding hydrogens is 824 g/mol. The third-order valence-electron chi connectivity index (χ3n) is 10.4. The molecule has 17 heteroatoms. The second kappa shape index (κ2) is 21.0. The Morgan fingerprint density at radius 2 is 1.49 bits per heavy atom. The zero-order chi connectivity index (χ0) is 44.5. The molecule has 61 heavy (non-hydrogen) atoms. The van der Waals surface area contributed by atoms with E-state index in [0.29, 0.717) is 22.8 Å². The first kappa shape index (κ1) is 48.1. The lowest BCUT2D eigenvalue weighted by Crippen LogP contribution is -2.59. The van der Waals surface area contributed by atoms with Gasteiger partial charge in [0.05, 0.1) is 27.4 Å². The van der Waals surface area contributed by atoms with Gasteiger partial charge in [-0.15, -0.1) is 5.25 Å². The van der Waals surface area contributed by atoms with Crippen LogP contribution in [0.15, 0.2) is 94.6 Å². The smallest absolute Gasteiger partial charge is 0.345 e. The van der Waals surface area contributed by atoms with Gasteiger partial charge in [-0.25, -0.2) is 4.79 Å². The highest BCUT2D eigenvalue weighted by Crippen LogP contribution is 2.45. The number of carbonyl (C=O) groups excluding carboxylic acids is 1. The normalized spacial score (nSPS) is 17.8. The molecule has 1 aromatic heterocycles. The number of hydrogen-bond donors (Lipinski definition) is 3. The maximum absolute atomic E-state index is 13.3. The predicted octanol–water partition coefficient (Wildman–Crippen LogP) is 7.07. The van der Waals surface area contributed by atoms with Gasteiger partial charge in [0.1, 0.15) is 41.5 Å². The molecule has 2 heterocycles. The fourth-order valence-corrected chi connectivity index (χ4v) is 8.78. The lowest BCUT2D eigenvalue weighted by Gasteiger charge is -2.41. The van der Waals surface area contributed by atoms with Crippen LogP contribution in [0.2, 0.25) is 0 Å². The van der Waals surface area contributed by atoms with E-state index in [1.807, 2.05) is 127 Å². The van der Waals surface area contributed by atoms with Crippen molar-refractivity contribution in [3.8, 4) is 11.5 Å². The monoisotopic (exact) mass is 883 g/mol. The van der Waals surface area contributed by atoms with E-state index < -0.39 is 54.0 Å². The molecule has 5 rings (SSSR count). The van der Waals surface area contributed by atoms with E-state index in [4.69, 9.17) is 33.2 Å². The van der Waals surface area contributed by atoms with Crippen molar-refractivity contribution in [3.63, 3.8) is 0 Å². The van der Waals surface area contributed by atoms with Crippen LogP contribution >= 0.6 is 20.3 Å². The van der Waals surface area contributed by atoms with E-state index in [1.54, 1.807) is 21.1 Å². The number of aromatic nitrogens is 2. The number of rotatable bonds is 20. The van der Waals surface area contributed by atoms with Gasteiger partial charge in [0.2, 0.25) is 0 Å².